The number of likely N-dealkylation sites (tertiary alicyclic amines) is 1. The molecule has 0 radical (unpaired) electrons. The van der Waals surface area contributed by atoms with Gasteiger partial charge in [0.1, 0.15) is 0 Å². The SMILES string of the molecule is O=C(O)c1ccc(CNC(=O)N2CC(C3CCC3)C2)cc1. The van der Waals surface area contributed by atoms with E-state index in [-0.39, 0.29) is 11.6 Å². The van der Waals surface area contributed by atoms with Crippen molar-refractivity contribution in [2.45, 2.75) is 25.8 Å². The van der Waals surface area contributed by atoms with Crippen molar-refractivity contribution < 1.29 is 14.7 Å². The summed E-state index contributed by atoms with van der Waals surface area (Å²) in [6.45, 7) is 2.20. The summed E-state index contributed by atoms with van der Waals surface area (Å²) in [4.78, 5) is 24.6. The number of amides is 2. The van der Waals surface area contributed by atoms with Crippen LogP contribution in [0.2, 0.25) is 0 Å². The molecule has 0 unspecified atom stereocenters. The Hall–Kier alpha value is -2.04. The first kappa shape index (κ1) is 13.9. The number of carboxylic acids is 1. The van der Waals surface area contributed by atoms with Gasteiger partial charge in [-0.3, -0.25) is 0 Å². The number of rotatable bonds is 4. The maximum atomic E-state index is 12.0. The van der Waals surface area contributed by atoms with Crippen LogP contribution in [0.3, 0.4) is 0 Å². The summed E-state index contributed by atoms with van der Waals surface area (Å²) in [5, 5.41) is 11.7. The second kappa shape index (κ2) is 5.76. The Morgan fingerprint density at radius 3 is 2.33 bits per heavy atom. The van der Waals surface area contributed by atoms with Crippen LogP contribution in [0.5, 0.6) is 0 Å². The summed E-state index contributed by atoms with van der Waals surface area (Å²) in [5.74, 6) is 0.616. The molecule has 1 aromatic carbocycles. The van der Waals surface area contributed by atoms with Crippen LogP contribution in [0.25, 0.3) is 0 Å². The van der Waals surface area contributed by atoms with Crippen LogP contribution in [0.1, 0.15) is 35.2 Å². The van der Waals surface area contributed by atoms with E-state index in [1.807, 2.05) is 4.90 Å². The highest BCUT2D eigenvalue weighted by atomic mass is 16.4. The first-order chi connectivity index (χ1) is 10.1. The monoisotopic (exact) mass is 288 g/mol. The smallest absolute Gasteiger partial charge is 0.335 e. The number of carbonyl (C=O) groups is 2. The van der Waals surface area contributed by atoms with E-state index in [4.69, 9.17) is 5.11 Å². The number of carbonyl (C=O) groups excluding carboxylic acids is 1. The molecule has 2 aliphatic rings. The Balaban J connectivity index is 1.42. The van der Waals surface area contributed by atoms with Crippen molar-refractivity contribution in [3.63, 3.8) is 0 Å². The van der Waals surface area contributed by atoms with E-state index in [0.717, 1.165) is 24.6 Å². The molecule has 1 saturated heterocycles. The van der Waals surface area contributed by atoms with Crippen LogP contribution in [-0.4, -0.2) is 35.1 Å². The highest BCUT2D eigenvalue weighted by Gasteiger charge is 2.38. The first-order valence-electron chi connectivity index (χ1n) is 7.48. The van der Waals surface area contributed by atoms with E-state index in [0.29, 0.717) is 12.5 Å². The van der Waals surface area contributed by atoms with E-state index in [9.17, 15) is 9.59 Å². The second-order valence-corrected chi connectivity index (χ2v) is 6.02. The number of nitrogens with zero attached hydrogens (tertiary/aromatic N) is 1. The third-order valence-electron chi connectivity index (χ3n) is 4.66. The zero-order valence-electron chi connectivity index (χ0n) is 11.9. The maximum Gasteiger partial charge on any atom is 0.335 e. The Morgan fingerprint density at radius 1 is 1.14 bits per heavy atom. The van der Waals surface area contributed by atoms with Crippen LogP contribution in [0.4, 0.5) is 4.79 Å². The van der Waals surface area contributed by atoms with Gasteiger partial charge in [0, 0.05) is 19.6 Å². The van der Waals surface area contributed by atoms with Crippen molar-refractivity contribution in [3.05, 3.63) is 35.4 Å². The average Bonchev–Trinajstić information content (AvgIpc) is 2.38. The molecule has 2 N–H and O–H groups in total. The normalized spacial score (nSPS) is 18.8. The van der Waals surface area contributed by atoms with Crippen molar-refractivity contribution in [1.29, 1.82) is 0 Å². The minimum Gasteiger partial charge on any atom is -0.478 e. The molecule has 0 spiro atoms. The minimum absolute atomic E-state index is 0.0205. The van der Waals surface area contributed by atoms with Gasteiger partial charge in [0.25, 0.3) is 0 Å². The molecule has 1 aliphatic heterocycles. The summed E-state index contributed by atoms with van der Waals surface area (Å²) in [5.41, 5.74) is 1.17. The summed E-state index contributed by atoms with van der Waals surface area (Å²) < 4.78 is 0. The number of benzene rings is 1. The second-order valence-electron chi connectivity index (χ2n) is 6.02. The van der Waals surface area contributed by atoms with E-state index in [2.05, 4.69) is 5.32 Å². The molecular weight excluding hydrogens is 268 g/mol. The molecule has 0 atom stereocenters. The van der Waals surface area contributed by atoms with Gasteiger partial charge in [0.15, 0.2) is 0 Å². The summed E-state index contributed by atoms with van der Waals surface area (Å²) in [6, 6.07) is 6.56. The molecule has 3 rings (SSSR count). The molecule has 2 amide bonds. The van der Waals surface area contributed by atoms with Crippen molar-refractivity contribution in [2.75, 3.05) is 13.1 Å². The van der Waals surface area contributed by atoms with E-state index in [1.54, 1.807) is 24.3 Å². The first-order valence-corrected chi connectivity index (χ1v) is 7.48. The average molecular weight is 288 g/mol. The molecule has 0 aromatic heterocycles. The zero-order valence-corrected chi connectivity index (χ0v) is 11.9. The van der Waals surface area contributed by atoms with Gasteiger partial charge in [-0.05, 0) is 29.5 Å². The maximum absolute atomic E-state index is 12.0. The summed E-state index contributed by atoms with van der Waals surface area (Å²) in [6.07, 6.45) is 4.01. The Labute approximate surface area is 123 Å². The molecule has 112 valence electrons. The fourth-order valence-corrected chi connectivity index (χ4v) is 2.94. The number of hydrogen-bond acceptors (Lipinski definition) is 2. The van der Waals surface area contributed by atoms with Crippen LogP contribution in [0, 0.1) is 11.8 Å². The third-order valence-corrected chi connectivity index (χ3v) is 4.66. The Morgan fingerprint density at radius 2 is 1.81 bits per heavy atom. The lowest BCUT2D eigenvalue weighted by Crippen LogP contribution is -2.56. The van der Waals surface area contributed by atoms with Crippen LogP contribution in [-0.2, 0) is 6.54 Å². The van der Waals surface area contributed by atoms with Crippen molar-refractivity contribution in [3.8, 4) is 0 Å². The van der Waals surface area contributed by atoms with Gasteiger partial charge in [0.05, 0.1) is 5.56 Å². The lowest BCUT2D eigenvalue weighted by molar-refractivity contribution is 0.0516. The van der Waals surface area contributed by atoms with Gasteiger partial charge < -0.3 is 15.3 Å². The Bertz CT molecular complexity index is 531. The van der Waals surface area contributed by atoms with Crippen molar-refractivity contribution >= 4 is 12.0 Å². The topological polar surface area (TPSA) is 69.6 Å². The summed E-state index contributed by atoms with van der Waals surface area (Å²) in [7, 11) is 0. The lowest BCUT2D eigenvalue weighted by atomic mass is 9.73. The zero-order chi connectivity index (χ0) is 14.8. The third kappa shape index (κ3) is 3.01. The molecule has 1 saturated carbocycles. The van der Waals surface area contributed by atoms with Gasteiger partial charge in [-0.1, -0.05) is 31.4 Å². The lowest BCUT2D eigenvalue weighted by Gasteiger charge is -2.46. The molecule has 1 heterocycles. The number of hydrogen-bond donors (Lipinski definition) is 2. The van der Waals surface area contributed by atoms with Gasteiger partial charge in [-0.15, -0.1) is 0 Å². The van der Waals surface area contributed by atoms with Crippen LogP contribution in [0.15, 0.2) is 24.3 Å². The molecule has 2 fully saturated rings. The van der Waals surface area contributed by atoms with Crippen LogP contribution < -0.4 is 5.32 Å². The quantitative estimate of drug-likeness (QED) is 0.893. The molecule has 21 heavy (non-hydrogen) atoms. The van der Waals surface area contributed by atoms with Crippen molar-refractivity contribution in [1.82, 2.24) is 10.2 Å². The van der Waals surface area contributed by atoms with Crippen LogP contribution >= 0.6 is 0 Å². The fraction of sp³-hybridized carbons (Fsp3) is 0.500. The predicted octanol–water partition coefficient (Wildman–Crippen LogP) is 2.33. The minimum atomic E-state index is -0.937. The van der Waals surface area contributed by atoms with Crippen molar-refractivity contribution in [2.24, 2.45) is 11.8 Å². The number of urea groups is 1. The number of aromatic carboxylic acids is 1. The van der Waals surface area contributed by atoms with Gasteiger partial charge in [-0.25, -0.2) is 9.59 Å². The molecule has 5 nitrogen and oxygen atoms in total. The Kier molecular flexibility index (Phi) is 3.82. The molecule has 5 heteroatoms. The molecular formula is C16H20N2O3. The fourth-order valence-electron chi connectivity index (χ4n) is 2.94. The summed E-state index contributed by atoms with van der Waals surface area (Å²) >= 11 is 0. The van der Waals surface area contributed by atoms with E-state index >= 15 is 0 Å². The standard InChI is InChI=1S/C16H20N2O3/c19-15(20)13-6-4-11(5-7-13)8-17-16(21)18-9-14(10-18)12-2-1-3-12/h4-7,12,14H,1-3,8-10H2,(H,17,21)(H,19,20). The molecule has 1 aliphatic carbocycles. The molecule has 1 aromatic rings. The van der Waals surface area contributed by atoms with E-state index in [1.165, 1.54) is 19.3 Å². The van der Waals surface area contributed by atoms with Gasteiger partial charge in [0.2, 0.25) is 0 Å². The largest absolute Gasteiger partial charge is 0.478 e. The predicted molar refractivity (Wildman–Crippen MR) is 78.0 cm³/mol. The van der Waals surface area contributed by atoms with E-state index < -0.39 is 5.97 Å². The molecule has 0 bridgehead atoms. The highest BCUT2D eigenvalue weighted by molar-refractivity contribution is 5.87. The van der Waals surface area contributed by atoms with Gasteiger partial charge >= 0.3 is 12.0 Å². The van der Waals surface area contributed by atoms with Gasteiger partial charge in [-0.2, -0.15) is 0 Å². The highest BCUT2D eigenvalue weighted by Crippen LogP contribution is 2.37. The number of nitrogens with one attached hydrogen (secondary N) is 1. The number of carboxylic acid groups (broad SMARTS) is 1.